The molecule has 0 aliphatic rings. The van der Waals surface area contributed by atoms with E-state index in [9.17, 15) is 59.7 Å². The van der Waals surface area contributed by atoms with E-state index in [0.29, 0.717) is 15.2 Å². The highest BCUT2D eigenvalue weighted by Crippen LogP contribution is 2.12. The average molecular weight is 732 g/mol. The lowest BCUT2D eigenvalue weighted by Crippen LogP contribution is -2.44. The number of nitrogens with zero attached hydrogens (tertiary/aromatic N) is 7. The molecule has 52 heavy (non-hydrogen) atoms. The quantitative estimate of drug-likeness (QED) is 0.0730. The van der Waals surface area contributed by atoms with Crippen molar-refractivity contribution in [2.75, 3.05) is 39.3 Å². The lowest BCUT2D eigenvalue weighted by Gasteiger charge is -2.28. The number of carbonyl (C=O) groups excluding carboxylic acids is 3. The number of amides is 3. The minimum atomic E-state index is -0.678. The molecule has 0 aliphatic carbocycles. The minimum absolute atomic E-state index is 0.0180. The first-order chi connectivity index (χ1) is 24.5. The van der Waals surface area contributed by atoms with E-state index in [1.807, 2.05) is 0 Å². The molecule has 0 saturated heterocycles. The van der Waals surface area contributed by atoms with Crippen LogP contribution in [0, 0.1) is 20.8 Å². The van der Waals surface area contributed by atoms with E-state index in [0.717, 1.165) is 18.2 Å². The van der Waals surface area contributed by atoms with Crippen LogP contribution in [-0.4, -0.2) is 122 Å². The van der Waals surface area contributed by atoms with Crippen LogP contribution in [0.3, 0.4) is 0 Å². The summed E-state index contributed by atoms with van der Waals surface area (Å²) in [6.07, 6.45) is 3.69. The van der Waals surface area contributed by atoms with Crippen LogP contribution in [0.4, 0.5) is 0 Å². The molecule has 3 heterocycles. The Bertz CT molecular complexity index is 1700. The van der Waals surface area contributed by atoms with Crippen molar-refractivity contribution in [3.63, 3.8) is 0 Å². The van der Waals surface area contributed by atoms with Gasteiger partial charge in [0.05, 0.1) is 36.7 Å². The first kappa shape index (κ1) is 40.9. The summed E-state index contributed by atoms with van der Waals surface area (Å²) in [6.45, 7) is 3.91. The van der Waals surface area contributed by atoms with Crippen LogP contribution in [0.2, 0.25) is 0 Å². The Kier molecular flexibility index (Phi) is 14.7. The van der Waals surface area contributed by atoms with Gasteiger partial charge in [-0.2, -0.15) is 0 Å². The molecule has 0 bridgehead atoms. The molecule has 0 radical (unpaired) electrons. The lowest BCUT2D eigenvalue weighted by molar-refractivity contribution is -0.170. The third-order valence-electron chi connectivity index (χ3n) is 8.69. The third kappa shape index (κ3) is 11.0. The number of hydrogen-bond acceptors (Lipinski definition) is 13. The van der Waals surface area contributed by atoms with Gasteiger partial charge in [-0.05, 0) is 20.8 Å². The number of aryl methyl sites for hydroxylation is 3. The smallest absolute Gasteiger partial charge is 0.247 e. The van der Waals surface area contributed by atoms with Crippen LogP contribution >= 0.6 is 0 Å². The zero-order valence-corrected chi connectivity index (χ0v) is 29.2. The Balaban J connectivity index is 1.60. The van der Waals surface area contributed by atoms with Crippen LogP contribution in [0.15, 0.2) is 51.2 Å². The molecule has 3 amide bonds. The number of rotatable bonds is 18. The standard InChI is InChI=1S/C33H45N7O12/c1-22-31(47)25(41)4-10-35(22)13-7-28(44)38(50)19-16-34(17-20-39(51)29(45)8-14-36-11-5-26(42)32(48)23(36)2)18-21-40(52)30(46)9-15-37-12-6-27(43)33(49)24(37)3/h4-6,10-12,47-52H,7-9,13-21H2,1-3H3. The van der Waals surface area contributed by atoms with Crippen molar-refractivity contribution < 1.29 is 45.3 Å². The van der Waals surface area contributed by atoms with Crippen molar-refractivity contribution >= 4 is 17.7 Å². The monoisotopic (exact) mass is 731 g/mol. The molecule has 0 spiro atoms. The molecule has 3 rings (SSSR count). The highest BCUT2D eigenvalue weighted by molar-refractivity contribution is 5.75. The van der Waals surface area contributed by atoms with Crippen LogP contribution in [-0.2, 0) is 34.0 Å². The molecule has 284 valence electrons. The number of carbonyl (C=O) groups is 3. The number of hydroxylamine groups is 6. The van der Waals surface area contributed by atoms with Crippen molar-refractivity contribution in [1.29, 1.82) is 0 Å². The highest BCUT2D eigenvalue weighted by atomic mass is 16.5. The van der Waals surface area contributed by atoms with Gasteiger partial charge in [-0.3, -0.25) is 49.3 Å². The lowest BCUT2D eigenvalue weighted by atomic mass is 10.3. The van der Waals surface area contributed by atoms with Crippen molar-refractivity contribution in [2.24, 2.45) is 0 Å². The molecular weight excluding hydrogens is 686 g/mol. The average Bonchev–Trinajstić information content (AvgIpc) is 3.12. The van der Waals surface area contributed by atoms with Gasteiger partial charge in [0.15, 0.2) is 17.2 Å². The molecule has 0 aromatic carbocycles. The SMILES string of the molecule is Cc1c(O)c(=O)ccn1CCC(=O)N(O)CCN(CCN(O)C(=O)CCn1ccc(=O)c(O)c1C)CCN(O)C(=O)CCn1ccc(=O)c(O)c1C. The van der Waals surface area contributed by atoms with E-state index >= 15 is 0 Å². The van der Waals surface area contributed by atoms with E-state index in [4.69, 9.17) is 0 Å². The predicted octanol–water partition coefficient (Wildman–Crippen LogP) is -0.260. The first-order valence-corrected chi connectivity index (χ1v) is 16.4. The van der Waals surface area contributed by atoms with E-state index < -0.39 is 51.3 Å². The van der Waals surface area contributed by atoms with Gasteiger partial charge in [-0.15, -0.1) is 0 Å². The van der Waals surface area contributed by atoms with Gasteiger partial charge in [0.2, 0.25) is 34.0 Å². The van der Waals surface area contributed by atoms with Crippen LogP contribution in [0.25, 0.3) is 0 Å². The predicted molar refractivity (Wildman–Crippen MR) is 182 cm³/mol. The second-order valence-corrected chi connectivity index (χ2v) is 12.1. The summed E-state index contributed by atoms with van der Waals surface area (Å²) < 4.78 is 4.45. The van der Waals surface area contributed by atoms with Gasteiger partial charge in [0.25, 0.3) is 0 Å². The molecular formula is C33H45N7O12. The Hall–Kier alpha value is -5.50. The van der Waals surface area contributed by atoms with E-state index in [-0.39, 0.29) is 95.2 Å². The van der Waals surface area contributed by atoms with Gasteiger partial charge in [-0.25, -0.2) is 15.2 Å². The van der Waals surface area contributed by atoms with Crippen molar-refractivity contribution in [3.8, 4) is 17.2 Å². The zero-order chi connectivity index (χ0) is 38.7. The number of pyridine rings is 3. The maximum absolute atomic E-state index is 12.7. The Morgan fingerprint density at radius 3 is 1.00 bits per heavy atom. The summed E-state index contributed by atoms with van der Waals surface area (Å²) in [5, 5.41) is 62.4. The topological polar surface area (TPSA) is 252 Å². The maximum Gasteiger partial charge on any atom is 0.247 e. The number of aromatic nitrogens is 3. The molecule has 0 saturated carbocycles. The molecule has 0 atom stereocenters. The fourth-order valence-corrected chi connectivity index (χ4v) is 5.17. The Morgan fingerprint density at radius 2 is 0.750 bits per heavy atom. The number of aromatic hydroxyl groups is 3. The first-order valence-electron chi connectivity index (χ1n) is 16.4. The Morgan fingerprint density at radius 1 is 0.500 bits per heavy atom. The van der Waals surface area contributed by atoms with Gasteiger partial charge >= 0.3 is 0 Å². The van der Waals surface area contributed by atoms with Gasteiger partial charge < -0.3 is 29.0 Å². The summed E-state index contributed by atoms with van der Waals surface area (Å²) in [5.41, 5.74) is -0.943. The summed E-state index contributed by atoms with van der Waals surface area (Å²) >= 11 is 0. The molecule has 6 N–H and O–H groups in total. The van der Waals surface area contributed by atoms with Crippen molar-refractivity contribution in [1.82, 2.24) is 33.8 Å². The highest BCUT2D eigenvalue weighted by Gasteiger charge is 2.19. The Labute approximate surface area is 297 Å². The maximum atomic E-state index is 12.7. The summed E-state index contributed by atoms with van der Waals surface area (Å²) in [7, 11) is 0. The molecule has 0 fully saturated rings. The second-order valence-electron chi connectivity index (χ2n) is 12.1. The van der Waals surface area contributed by atoms with Crippen LogP contribution in [0.5, 0.6) is 17.2 Å². The fourth-order valence-electron chi connectivity index (χ4n) is 5.17. The fraction of sp³-hybridized carbons (Fsp3) is 0.455. The largest absolute Gasteiger partial charge is 0.503 e. The van der Waals surface area contributed by atoms with Gasteiger partial charge in [-0.1, -0.05) is 0 Å². The zero-order valence-electron chi connectivity index (χ0n) is 29.2. The molecule has 19 heteroatoms. The number of hydrogen-bond donors (Lipinski definition) is 6. The van der Waals surface area contributed by atoms with Crippen molar-refractivity contribution in [3.05, 3.63) is 84.5 Å². The van der Waals surface area contributed by atoms with Crippen LogP contribution in [0.1, 0.15) is 36.3 Å². The normalized spacial score (nSPS) is 11.1. The molecule has 3 aromatic rings. The van der Waals surface area contributed by atoms with E-state index in [1.54, 1.807) is 4.90 Å². The van der Waals surface area contributed by atoms with Crippen LogP contribution < -0.4 is 16.3 Å². The minimum Gasteiger partial charge on any atom is -0.503 e. The second kappa shape index (κ2) is 18.7. The van der Waals surface area contributed by atoms with E-state index in [1.165, 1.54) is 53.1 Å². The summed E-state index contributed by atoms with van der Waals surface area (Å²) in [5.74, 6) is -3.38. The molecule has 0 unspecified atom stereocenters. The summed E-state index contributed by atoms with van der Waals surface area (Å²) in [4.78, 5) is 74.4. The van der Waals surface area contributed by atoms with Gasteiger partial charge in [0, 0.05) is 95.3 Å². The molecule has 0 aliphatic heterocycles. The molecule has 3 aromatic heterocycles. The van der Waals surface area contributed by atoms with Crippen molar-refractivity contribution in [2.45, 2.75) is 59.7 Å². The third-order valence-corrected chi connectivity index (χ3v) is 8.69. The molecule has 19 nitrogen and oxygen atoms in total. The summed E-state index contributed by atoms with van der Waals surface area (Å²) in [6, 6.07) is 3.45. The van der Waals surface area contributed by atoms with E-state index in [2.05, 4.69) is 0 Å². The van der Waals surface area contributed by atoms with Gasteiger partial charge in [0.1, 0.15) is 0 Å².